The molecular weight excluding hydrogens is 630 g/mol. The van der Waals surface area contributed by atoms with Crippen LogP contribution < -0.4 is 31.8 Å². The molecule has 0 amide bonds. The second-order valence-corrected chi connectivity index (χ2v) is 18.7. The minimum atomic E-state index is -2.46. The standard InChI is InChI=1S/C20H18O2P.C18H15BrP/c1-17(21)22-23(18-11-5-2-6-12-18,19-13-7-3-8-14-19)20-15-9-4-10-16-20;19-20(16-10-4-1-5-11-16,17-12-6-2-7-13-17)18-14-8-3-9-15-18/h2-16H,1H3;1-15H/q2*+1. The molecule has 0 unspecified atom stereocenters. The van der Waals surface area contributed by atoms with Crippen LogP contribution in [0.3, 0.4) is 0 Å². The van der Waals surface area contributed by atoms with E-state index in [4.69, 9.17) is 4.52 Å². The van der Waals surface area contributed by atoms with E-state index < -0.39 is 13.5 Å². The van der Waals surface area contributed by atoms with E-state index in [0.717, 1.165) is 15.9 Å². The smallest absolute Gasteiger partial charge is 0.297 e. The summed E-state index contributed by atoms with van der Waals surface area (Å²) in [6.07, 6.45) is 0. The van der Waals surface area contributed by atoms with Gasteiger partial charge < -0.3 is 0 Å². The molecule has 0 saturated carbocycles. The number of benzene rings is 6. The molecule has 6 aromatic carbocycles. The highest BCUT2D eigenvalue weighted by molar-refractivity contribution is 9.44. The Hall–Kier alpha value is -3.87. The Bertz CT molecular complexity index is 1510. The summed E-state index contributed by atoms with van der Waals surface area (Å²) in [6, 6.07) is 62.2. The Kier molecular flexibility index (Phi) is 10.3. The zero-order chi connectivity index (χ0) is 30.0. The van der Waals surface area contributed by atoms with Crippen LogP contribution in [-0.4, -0.2) is 5.97 Å². The van der Waals surface area contributed by atoms with Crippen LogP contribution in [0, 0.1) is 0 Å². The summed E-state index contributed by atoms with van der Waals surface area (Å²) >= 11 is 4.12. The van der Waals surface area contributed by atoms with Gasteiger partial charge in [0.25, 0.3) is 7.49 Å². The molecule has 0 aliphatic heterocycles. The molecule has 0 aromatic heterocycles. The molecule has 0 aliphatic rings. The number of carbonyl (C=O) groups is 1. The van der Waals surface area contributed by atoms with Crippen molar-refractivity contribution in [1.82, 2.24) is 0 Å². The summed E-state index contributed by atoms with van der Waals surface area (Å²) in [5.74, 6) is -1.98. The SMILES string of the molecule is Br[P+](c1ccccc1)(c1ccccc1)c1ccccc1.CC(=O)O[P+](c1ccccc1)(c1ccccc1)c1ccccc1. The van der Waals surface area contributed by atoms with Crippen molar-refractivity contribution in [3.8, 4) is 0 Å². The summed E-state index contributed by atoms with van der Waals surface area (Å²) < 4.78 is 6.07. The van der Waals surface area contributed by atoms with E-state index in [-0.39, 0.29) is 5.97 Å². The monoisotopic (exact) mass is 662 g/mol. The zero-order valence-electron chi connectivity index (χ0n) is 23.9. The highest BCUT2D eigenvalue weighted by Crippen LogP contribution is 2.62. The molecule has 0 radical (unpaired) electrons. The lowest BCUT2D eigenvalue weighted by molar-refractivity contribution is -0.131. The minimum absolute atomic E-state index is 0.269. The second kappa shape index (κ2) is 14.5. The number of hydrogen-bond acceptors (Lipinski definition) is 2. The zero-order valence-corrected chi connectivity index (χ0v) is 27.3. The molecule has 2 nitrogen and oxygen atoms in total. The first kappa shape index (κ1) is 30.6. The van der Waals surface area contributed by atoms with Gasteiger partial charge in [-0.1, -0.05) is 109 Å². The third-order valence-electron chi connectivity index (χ3n) is 6.96. The van der Waals surface area contributed by atoms with Gasteiger partial charge in [-0.3, -0.25) is 4.52 Å². The summed E-state index contributed by atoms with van der Waals surface area (Å²) in [4.78, 5) is 12.0. The molecule has 6 rings (SSSR count). The van der Waals surface area contributed by atoms with E-state index in [1.54, 1.807) is 0 Å². The van der Waals surface area contributed by atoms with Crippen molar-refractivity contribution in [3.05, 3.63) is 182 Å². The first-order valence-corrected chi connectivity index (χ1v) is 19.6. The lowest BCUT2D eigenvalue weighted by atomic mass is 10.4. The van der Waals surface area contributed by atoms with Crippen molar-refractivity contribution in [1.29, 1.82) is 0 Å². The van der Waals surface area contributed by atoms with Crippen molar-refractivity contribution < 1.29 is 9.32 Å². The molecule has 5 heteroatoms. The third-order valence-corrected chi connectivity index (χ3v) is 17.3. The van der Waals surface area contributed by atoms with Crippen molar-refractivity contribution in [2.45, 2.75) is 6.92 Å². The van der Waals surface area contributed by atoms with Crippen molar-refractivity contribution in [3.63, 3.8) is 0 Å². The normalized spacial score (nSPS) is 11.1. The maximum absolute atomic E-state index is 12.0. The van der Waals surface area contributed by atoms with Crippen LogP contribution in [0.25, 0.3) is 0 Å². The van der Waals surface area contributed by atoms with E-state index in [1.165, 1.54) is 22.8 Å². The molecule has 0 bridgehead atoms. The molecule has 6 aromatic rings. The summed E-state index contributed by atoms with van der Waals surface area (Å²) in [7, 11) is -2.46. The Morgan fingerprint density at radius 1 is 0.419 bits per heavy atom. The average molecular weight is 664 g/mol. The Labute approximate surface area is 263 Å². The summed E-state index contributed by atoms with van der Waals surface area (Å²) in [5, 5.41) is 7.14. The van der Waals surface area contributed by atoms with Crippen LogP contribution in [0.5, 0.6) is 0 Å². The van der Waals surface area contributed by atoms with Crippen LogP contribution in [0.2, 0.25) is 0 Å². The van der Waals surface area contributed by atoms with Gasteiger partial charge in [0.2, 0.25) is 0 Å². The number of rotatable bonds is 7. The van der Waals surface area contributed by atoms with E-state index in [1.807, 2.05) is 91.0 Å². The van der Waals surface area contributed by atoms with Crippen LogP contribution in [0.4, 0.5) is 0 Å². The maximum Gasteiger partial charge on any atom is 0.348 e. The fraction of sp³-hybridized carbons (Fsp3) is 0.0263. The second-order valence-electron chi connectivity index (χ2n) is 9.79. The average Bonchev–Trinajstić information content (AvgIpc) is 3.09. The lowest BCUT2D eigenvalue weighted by Gasteiger charge is -2.24. The molecule has 0 saturated heterocycles. The van der Waals surface area contributed by atoms with Gasteiger partial charge in [0.15, 0.2) is 21.5 Å². The first-order valence-electron chi connectivity index (χ1n) is 14.1. The molecule has 0 atom stereocenters. The van der Waals surface area contributed by atoms with Gasteiger partial charge in [-0.05, 0) is 72.8 Å². The predicted octanol–water partition coefficient (Wildman–Crippen LogP) is 7.75. The first-order chi connectivity index (χ1) is 21.0. The Morgan fingerprint density at radius 3 is 0.837 bits per heavy atom. The largest absolute Gasteiger partial charge is 0.348 e. The molecule has 0 aliphatic carbocycles. The fourth-order valence-corrected chi connectivity index (χ4v) is 13.2. The Morgan fingerprint density at radius 2 is 0.628 bits per heavy atom. The van der Waals surface area contributed by atoms with Gasteiger partial charge in [0, 0.05) is 6.92 Å². The van der Waals surface area contributed by atoms with Crippen LogP contribution in [0.1, 0.15) is 6.92 Å². The van der Waals surface area contributed by atoms with Crippen LogP contribution in [-0.2, 0) is 9.32 Å². The third kappa shape index (κ3) is 6.87. The van der Waals surface area contributed by atoms with E-state index in [2.05, 4.69) is 106 Å². The number of carbonyl (C=O) groups excluding carboxylic acids is 1. The predicted molar refractivity (Wildman–Crippen MR) is 191 cm³/mol. The van der Waals surface area contributed by atoms with E-state index in [9.17, 15) is 4.79 Å². The molecule has 43 heavy (non-hydrogen) atoms. The maximum atomic E-state index is 12.0. The number of hydrogen-bond donors (Lipinski definition) is 0. The van der Waals surface area contributed by atoms with Crippen LogP contribution >= 0.6 is 28.9 Å². The molecule has 212 valence electrons. The molecule has 0 fully saturated rings. The molecule has 0 spiro atoms. The van der Waals surface area contributed by atoms with E-state index in [0.29, 0.717) is 0 Å². The molecule has 0 N–H and O–H groups in total. The van der Waals surface area contributed by atoms with Gasteiger partial charge in [-0.15, -0.1) is 0 Å². The number of halogens is 1. The minimum Gasteiger partial charge on any atom is -0.297 e. The lowest BCUT2D eigenvalue weighted by Crippen LogP contribution is -2.33. The van der Waals surface area contributed by atoms with Gasteiger partial charge in [-0.25, -0.2) is 4.79 Å². The van der Waals surface area contributed by atoms with Crippen molar-refractivity contribution in [2.75, 3.05) is 0 Å². The fourth-order valence-electron chi connectivity index (χ4n) is 5.06. The van der Waals surface area contributed by atoms with Gasteiger partial charge in [-0.2, -0.15) is 0 Å². The summed E-state index contributed by atoms with van der Waals surface area (Å²) in [5.41, 5.74) is 0. The van der Waals surface area contributed by atoms with Gasteiger partial charge in [0.1, 0.15) is 31.8 Å². The Balaban J connectivity index is 0.000000173. The van der Waals surface area contributed by atoms with Crippen molar-refractivity contribution in [2.24, 2.45) is 0 Å². The highest BCUT2D eigenvalue weighted by Gasteiger charge is 2.50. The van der Waals surface area contributed by atoms with Gasteiger partial charge >= 0.3 is 5.97 Å². The summed E-state index contributed by atoms with van der Waals surface area (Å²) in [6.45, 7) is 1.48. The van der Waals surface area contributed by atoms with Gasteiger partial charge in [0.05, 0.1) is 0 Å². The highest BCUT2D eigenvalue weighted by atomic mass is 79.9. The van der Waals surface area contributed by atoms with Crippen molar-refractivity contribution >= 4 is 66.7 Å². The molecular formula is C38H33BrO2P2+2. The molecule has 0 heterocycles. The van der Waals surface area contributed by atoms with Crippen LogP contribution in [0.15, 0.2) is 182 Å². The topological polar surface area (TPSA) is 26.3 Å². The quantitative estimate of drug-likeness (QED) is 0.164. The van der Waals surface area contributed by atoms with E-state index >= 15 is 0 Å².